The number of carbonyl (C=O) groups is 2. The van der Waals surface area contributed by atoms with Crippen molar-refractivity contribution in [3.8, 4) is 0 Å². The number of carbonyl (C=O) groups excluding carboxylic acids is 2. The summed E-state index contributed by atoms with van der Waals surface area (Å²) in [6, 6.07) is 13.9. The van der Waals surface area contributed by atoms with Crippen LogP contribution in [0.15, 0.2) is 48.5 Å². The number of amides is 2. The van der Waals surface area contributed by atoms with E-state index in [1.54, 1.807) is 4.90 Å². The number of nitrogens with zero attached hydrogens (tertiary/aromatic N) is 2. The van der Waals surface area contributed by atoms with Crippen LogP contribution in [0, 0.1) is 11.7 Å². The van der Waals surface area contributed by atoms with Crippen molar-refractivity contribution in [1.82, 2.24) is 4.90 Å². The number of anilines is 1. The van der Waals surface area contributed by atoms with Crippen LogP contribution in [0.5, 0.6) is 0 Å². The Bertz CT molecular complexity index is 813. The molecule has 0 spiro atoms. The molecule has 1 unspecified atom stereocenters. The van der Waals surface area contributed by atoms with E-state index in [0.717, 1.165) is 5.56 Å². The Morgan fingerprint density at radius 1 is 1.27 bits per heavy atom. The van der Waals surface area contributed by atoms with E-state index in [4.69, 9.17) is 11.6 Å². The van der Waals surface area contributed by atoms with Crippen LogP contribution in [0.25, 0.3) is 0 Å². The molecular formula is C20H20ClFN2O2. The summed E-state index contributed by atoms with van der Waals surface area (Å²) >= 11 is 5.81. The zero-order valence-electron chi connectivity index (χ0n) is 14.5. The van der Waals surface area contributed by atoms with Crippen molar-refractivity contribution >= 4 is 29.1 Å². The molecule has 2 amide bonds. The van der Waals surface area contributed by atoms with Crippen LogP contribution in [0.3, 0.4) is 0 Å². The van der Waals surface area contributed by atoms with E-state index in [-0.39, 0.29) is 29.8 Å². The first kappa shape index (κ1) is 18.4. The quantitative estimate of drug-likeness (QED) is 0.796. The van der Waals surface area contributed by atoms with Gasteiger partial charge < -0.3 is 9.80 Å². The summed E-state index contributed by atoms with van der Waals surface area (Å²) in [6.07, 6.45) is 0.152. The third kappa shape index (κ3) is 3.88. The minimum Gasteiger partial charge on any atom is -0.338 e. The summed E-state index contributed by atoms with van der Waals surface area (Å²) in [7, 11) is 0. The van der Waals surface area contributed by atoms with Crippen LogP contribution in [0.4, 0.5) is 10.1 Å². The zero-order valence-corrected chi connectivity index (χ0v) is 15.2. The Morgan fingerprint density at radius 3 is 2.65 bits per heavy atom. The van der Waals surface area contributed by atoms with Crippen molar-refractivity contribution in [3.05, 3.63) is 64.9 Å². The number of hydrogen-bond acceptors (Lipinski definition) is 2. The van der Waals surface area contributed by atoms with Crippen LogP contribution in [-0.4, -0.2) is 29.8 Å². The molecule has 2 aromatic rings. The highest BCUT2D eigenvalue weighted by Gasteiger charge is 2.37. The average molecular weight is 375 g/mol. The molecule has 0 aliphatic carbocycles. The van der Waals surface area contributed by atoms with Crippen LogP contribution in [0.1, 0.15) is 18.9 Å². The highest BCUT2D eigenvalue weighted by atomic mass is 35.5. The summed E-state index contributed by atoms with van der Waals surface area (Å²) in [5.41, 5.74) is 1.57. The maximum Gasteiger partial charge on any atom is 0.228 e. The van der Waals surface area contributed by atoms with Gasteiger partial charge >= 0.3 is 0 Å². The lowest BCUT2D eigenvalue weighted by molar-refractivity contribution is -0.136. The van der Waals surface area contributed by atoms with Gasteiger partial charge in [0.15, 0.2) is 0 Å². The van der Waals surface area contributed by atoms with E-state index in [2.05, 4.69) is 0 Å². The van der Waals surface area contributed by atoms with Crippen LogP contribution in [-0.2, 0) is 16.1 Å². The van der Waals surface area contributed by atoms with E-state index in [1.807, 2.05) is 37.3 Å². The predicted octanol–water partition coefficient (Wildman–Crippen LogP) is 3.88. The average Bonchev–Trinajstić information content (AvgIpc) is 3.04. The lowest BCUT2D eigenvalue weighted by atomic mass is 10.1. The maximum absolute atomic E-state index is 13.4. The highest BCUT2D eigenvalue weighted by Crippen LogP contribution is 2.29. The Balaban J connectivity index is 1.72. The molecule has 1 saturated heterocycles. The fourth-order valence-corrected chi connectivity index (χ4v) is 3.36. The second-order valence-electron chi connectivity index (χ2n) is 6.34. The lowest BCUT2D eigenvalue weighted by Gasteiger charge is -2.24. The molecule has 0 aromatic heterocycles. The van der Waals surface area contributed by atoms with Crippen LogP contribution < -0.4 is 4.90 Å². The van der Waals surface area contributed by atoms with E-state index in [1.165, 1.54) is 23.1 Å². The third-order valence-corrected chi connectivity index (χ3v) is 4.89. The second kappa shape index (κ2) is 7.87. The minimum atomic E-state index is -0.533. The molecule has 6 heteroatoms. The molecule has 0 saturated carbocycles. The molecule has 2 aromatic carbocycles. The van der Waals surface area contributed by atoms with Gasteiger partial charge in [0.2, 0.25) is 11.8 Å². The SMILES string of the molecule is CCN(Cc1ccccc1)C(=O)C1CC(=O)N(c2ccc(F)c(Cl)c2)C1. The molecule has 1 fully saturated rings. The minimum absolute atomic E-state index is 0.0376. The molecule has 0 N–H and O–H groups in total. The van der Waals surface area contributed by atoms with Gasteiger partial charge in [0.25, 0.3) is 0 Å². The lowest BCUT2D eigenvalue weighted by Crippen LogP contribution is -2.37. The molecular weight excluding hydrogens is 355 g/mol. The predicted molar refractivity (Wildman–Crippen MR) is 99.4 cm³/mol. The number of halogens is 2. The molecule has 0 radical (unpaired) electrons. The van der Waals surface area contributed by atoms with Gasteiger partial charge in [0, 0.05) is 31.7 Å². The van der Waals surface area contributed by atoms with Gasteiger partial charge in [0.05, 0.1) is 10.9 Å². The summed E-state index contributed by atoms with van der Waals surface area (Å²) in [4.78, 5) is 28.5. The fourth-order valence-electron chi connectivity index (χ4n) is 3.18. The Kier molecular flexibility index (Phi) is 5.57. The molecule has 1 aliphatic heterocycles. The zero-order chi connectivity index (χ0) is 18.7. The molecule has 3 rings (SSSR count). The van der Waals surface area contributed by atoms with Gasteiger partial charge in [-0.25, -0.2) is 4.39 Å². The molecule has 26 heavy (non-hydrogen) atoms. The van der Waals surface area contributed by atoms with Crippen molar-refractivity contribution in [2.75, 3.05) is 18.0 Å². The van der Waals surface area contributed by atoms with Gasteiger partial charge in [-0.2, -0.15) is 0 Å². The fraction of sp³-hybridized carbons (Fsp3) is 0.300. The van der Waals surface area contributed by atoms with Gasteiger partial charge in [0.1, 0.15) is 5.82 Å². The highest BCUT2D eigenvalue weighted by molar-refractivity contribution is 6.31. The number of hydrogen-bond donors (Lipinski definition) is 0. The summed E-state index contributed by atoms with van der Waals surface area (Å²) in [5.74, 6) is -1.13. The molecule has 0 bridgehead atoms. The van der Waals surface area contributed by atoms with E-state index in [9.17, 15) is 14.0 Å². The monoisotopic (exact) mass is 374 g/mol. The van der Waals surface area contributed by atoms with Crippen LogP contribution >= 0.6 is 11.6 Å². The summed E-state index contributed by atoms with van der Waals surface area (Å²) in [6.45, 7) is 3.30. The van der Waals surface area contributed by atoms with Crippen molar-refractivity contribution in [1.29, 1.82) is 0 Å². The van der Waals surface area contributed by atoms with Gasteiger partial charge in [-0.05, 0) is 30.7 Å². The molecule has 4 nitrogen and oxygen atoms in total. The topological polar surface area (TPSA) is 40.6 Å². The molecule has 1 atom stereocenters. The Hall–Kier alpha value is -2.40. The number of rotatable bonds is 5. The third-order valence-electron chi connectivity index (χ3n) is 4.60. The van der Waals surface area contributed by atoms with E-state index >= 15 is 0 Å². The Labute approximate surface area is 157 Å². The summed E-state index contributed by atoms with van der Waals surface area (Å²) in [5, 5.41) is -0.0376. The Morgan fingerprint density at radius 2 is 2.00 bits per heavy atom. The second-order valence-corrected chi connectivity index (χ2v) is 6.75. The van der Waals surface area contributed by atoms with E-state index < -0.39 is 11.7 Å². The first-order valence-electron chi connectivity index (χ1n) is 8.57. The van der Waals surface area contributed by atoms with Crippen molar-refractivity contribution in [2.24, 2.45) is 5.92 Å². The normalized spacial score (nSPS) is 16.8. The molecule has 136 valence electrons. The first-order chi connectivity index (χ1) is 12.5. The standard InChI is InChI=1S/C20H20ClFN2O2/c1-2-23(12-14-6-4-3-5-7-14)20(26)15-10-19(25)24(13-15)16-8-9-18(22)17(21)11-16/h3-9,11,15H,2,10,12-13H2,1H3. The molecule has 1 heterocycles. The van der Waals surface area contributed by atoms with Gasteiger partial charge in [-0.15, -0.1) is 0 Å². The van der Waals surface area contributed by atoms with E-state index in [0.29, 0.717) is 18.8 Å². The van der Waals surface area contributed by atoms with Gasteiger partial charge in [-0.1, -0.05) is 41.9 Å². The maximum atomic E-state index is 13.4. The largest absolute Gasteiger partial charge is 0.338 e. The smallest absolute Gasteiger partial charge is 0.228 e. The van der Waals surface area contributed by atoms with Crippen molar-refractivity contribution in [3.63, 3.8) is 0 Å². The van der Waals surface area contributed by atoms with Crippen molar-refractivity contribution in [2.45, 2.75) is 19.9 Å². The van der Waals surface area contributed by atoms with Crippen LogP contribution in [0.2, 0.25) is 5.02 Å². The first-order valence-corrected chi connectivity index (χ1v) is 8.95. The van der Waals surface area contributed by atoms with Gasteiger partial charge in [-0.3, -0.25) is 9.59 Å². The molecule has 1 aliphatic rings. The summed E-state index contributed by atoms with van der Waals surface area (Å²) < 4.78 is 13.4. The number of benzene rings is 2. The van der Waals surface area contributed by atoms with Crippen molar-refractivity contribution < 1.29 is 14.0 Å².